The van der Waals surface area contributed by atoms with Crippen LogP contribution in [0.1, 0.15) is 5.56 Å². The fourth-order valence-electron chi connectivity index (χ4n) is 1.49. The third-order valence-electron chi connectivity index (χ3n) is 2.37. The zero-order valence-corrected chi connectivity index (χ0v) is 11.7. The molecule has 2 nitrogen and oxygen atoms in total. The van der Waals surface area contributed by atoms with Gasteiger partial charge in [0.05, 0.1) is 0 Å². The fraction of sp³-hybridized carbons (Fsp3) is 0. The number of anilines is 2. The van der Waals surface area contributed by atoms with Crippen LogP contribution in [0.2, 0.25) is 0 Å². The molecular formula is C13H10BrFN2S. The lowest BCUT2D eigenvalue weighted by Crippen LogP contribution is -2.10. The minimum absolute atomic E-state index is 0.259. The van der Waals surface area contributed by atoms with E-state index in [1.807, 2.05) is 18.2 Å². The minimum Gasteiger partial charge on any atom is -0.389 e. The molecule has 0 aliphatic heterocycles. The summed E-state index contributed by atoms with van der Waals surface area (Å²) in [5.74, 6) is -0.259. The van der Waals surface area contributed by atoms with Gasteiger partial charge in [0.1, 0.15) is 10.8 Å². The number of nitrogens with one attached hydrogen (secondary N) is 1. The van der Waals surface area contributed by atoms with Crippen molar-refractivity contribution in [2.75, 3.05) is 5.32 Å². The van der Waals surface area contributed by atoms with Gasteiger partial charge in [-0.15, -0.1) is 0 Å². The Morgan fingerprint density at radius 2 is 1.72 bits per heavy atom. The SMILES string of the molecule is NC(=S)c1ccc(Nc2ccc(F)cc2)cc1Br. The van der Waals surface area contributed by atoms with Crippen LogP contribution in [-0.2, 0) is 0 Å². The lowest BCUT2D eigenvalue weighted by Gasteiger charge is -2.09. The van der Waals surface area contributed by atoms with Crippen LogP contribution in [-0.4, -0.2) is 4.99 Å². The molecule has 0 aliphatic carbocycles. The summed E-state index contributed by atoms with van der Waals surface area (Å²) in [6.45, 7) is 0. The molecule has 5 heteroatoms. The minimum atomic E-state index is -0.259. The first-order valence-corrected chi connectivity index (χ1v) is 6.38. The Bertz CT molecular complexity index is 584. The molecule has 0 atom stereocenters. The molecule has 3 N–H and O–H groups in total. The maximum absolute atomic E-state index is 12.8. The van der Waals surface area contributed by atoms with Crippen LogP contribution in [0.5, 0.6) is 0 Å². The number of halogens is 2. The highest BCUT2D eigenvalue weighted by molar-refractivity contribution is 9.10. The van der Waals surface area contributed by atoms with E-state index in [4.69, 9.17) is 18.0 Å². The van der Waals surface area contributed by atoms with Gasteiger partial charge >= 0.3 is 0 Å². The summed E-state index contributed by atoms with van der Waals surface area (Å²) in [5.41, 5.74) is 8.04. The summed E-state index contributed by atoms with van der Waals surface area (Å²) in [6.07, 6.45) is 0. The first-order valence-electron chi connectivity index (χ1n) is 5.18. The number of hydrogen-bond donors (Lipinski definition) is 2. The molecule has 0 fully saturated rings. The molecule has 0 aromatic heterocycles. The number of nitrogens with two attached hydrogens (primary N) is 1. The van der Waals surface area contributed by atoms with Crippen LogP contribution < -0.4 is 11.1 Å². The number of thiocarbonyl (C=S) groups is 1. The Balaban J connectivity index is 2.22. The van der Waals surface area contributed by atoms with Gasteiger partial charge in [-0.1, -0.05) is 12.2 Å². The molecule has 0 saturated carbocycles. The summed E-state index contributed by atoms with van der Waals surface area (Å²) in [7, 11) is 0. The largest absolute Gasteiger partial charge is 0.389 e. The van der Waals surface area contributed by atoms with E-state index in [9.17, 15) is 4.39 Å². The predicted octanol–water partition coefficient (Wildman–Crippen LogP) is 3.97. The zero-order valence-electron chi connectivity index (χ0n) is 9.28. The second-order valence-electron chi connectivity index (χ2n) is 3.69. The molecule has 0 unspecified atom stereocenters. The topological polar surface area (TPSA) is 38.0 Å². The van der Waals surface area contributed by atoms with Crippen molar-refractivity contribution in [2.24, 2.45) is 5.73 Å². The highest BCUT2D eigenvalue weighted by Crippen LogP contribution is 2.24. The molecule has 0 radical (unpaired) electrons. The van der Waals surface area contributed by atoms with Crippen LogP contribution >= 0.6 is 28.1 Å². The van der Waals surface area contributed by atoms with E-state index < -0.39 is 0 Å². The van der Waals surface area contributed by atoms with Crippen molar-refractivity contribution in [1.29, 1.82) is 0 Å². The van der Waals surface area contributed by atoms with E-state index in [0.29, 0.717) is 4.99 Å². The summed E-state index contributed by atoms with van der Waals surface area (Å²) in [4.78, 5) is 0.343. The van der Waals surface area contributed by atoms with Gasteiger partial charge < -0.3 is 11.1 Å². The van der Waals surface area contributed by atoms with Crippen molar-refractivity contribution >= 4 is 44.5 Å². The number of rotatable bonds is 3. The summed E-state index contributed by atoms with van der Waals surface area (Å²) >= 11 is 8.33. The maximum Gasteiger partial charge on any atom is 0.123 e. The molecule has 2 rings (SSSR count). The Morgan fingerprint density at radius 3 is 2.28 bits per heavy atom. The maximum atomic E-state index is 12.8. The third kappa shape index (κ3) is 3.05. The molecule has 2 aromatic carbocycles. The van der Waals surface area contributed by atoms with Gasteiger partial charge in [0.15, 0.2) is 0 Å². The lowest BCUT2D eigenvalue weighted by molar-refractivity contribution is 0.628. The highest BCUT2D eigenvalue weighted by Gasteiger charge is 2.04. The van der Waals surface area contributed by atoms with Gasteiger partial charge in [-0.25, -0.2) is 4.39 Å². The standard InChI is InChI=1S/C13H10BrFN2S/c14-12-7-10(5-6-11(12)13(16)18)17-9-3-1-8(15)2-4-9/h1-7,17H,(H2,16,18). The molecule has 18 heavy (non-hydrogen) atoms. The van der Waals surface area contributed by atoms with Gasteiger partial charge in [0.2, 0.25) is 0 Å². The number of benzene rings is 2. The van der Waals surface area contributed by atoms with Crippen LogP contribution in [0.25, 0.3) is 0 Å². The smallest absolute Gasteiger partial charge is 0.123 e. The Morgan fingerprint density at radius 1 is 1.11 bits per heavy atom. The van der Waals surface area contributed by atoms with E-state index in [0.717, 1.165) is 21.4 Å². The van der Waals surface area contributed by atoms with E-state index in [2.05, 4.69) is 21.2 Å². The van der Waals surface area contributed by atoms with Crippen LogP contribution in [0.3, 0.4) is 0 Å². The van der Waals surface area contributed by atoms with E-state index >= 15 is 0 Å². The second-order valence-corrected chi connectivity index (χ2v) is 4.98. The van der Waals surface area contributed by atoms with E-state index in [-0.39, 0.29) is 5.82 Å². The first-order chi connectivity index (χ1) is 8.56. The summed E-state index contributed by atoms with van der Waals surface area (Å²) in [5, 5.41) is 3.16. The molecule has 0 saturated heterocycles. The van der Waals surface area contributed by atoms with E-state index in [1.54, 1.807) is 12.1 Å². The third-order valence-corrected chi connectivity index (χ3v) is 3.24. The average molecular weight is 325 g/mol. The van der Waals surface area contributed by atoms with Crippen molar-refractivity contribution in [1.82, 2.24) is 0 Å². The molecular weight excluding hydrogens is 315 g/mol. The van der Waals surface area contributed by atoms with Crippen LogP contribution in [0, 0.1) is 5.82 Å². The molecule has 0 aliphatic rings. The van der Waals surface area contributed by atoms with Gasteiger partial charge in [-0.3, -0.25) is 0 Å². The molecule has 0 bridgehead atoms. The zero-order chi connectivity index (χ0) is 13.1. The van der Waals surface area contributed by atoms with Crippen molar-refractivity contribution in [3.05, 3.63) is 58.3 Å². The average Bonchev–Trinajstić information content (AvgIpc) is 2.32. The number of hydrogen-bond acceptors (Lipinski definition) is 2. The molecule has 0 amide bonds. The van der Waals surface area contributed by atoms with Crippen LogP contribution in [0.4, 0.5) is 15.8 Å². The summed E-state index contributed by atoms with van der Waals surface area (Å²) in [6, 6.07) is 11.7. The molecule has 92 valence electrons. The highest BCUT2D eigenvalue weighted by atomic mass is 79.9. The monoisotopic (exact) mass is 324 g/mol. The Hall–Kier alpha value is -1.46. The van der Waals surface area contributed by atoms with Gasteiger partial charge in [-0.2, -0.15) is 0 Å². The Kier molecular flexibility index (Phi) is 3.93. The van der Waals surface area contributed by atoms with Crippen molar-refractivity contribution in [3.8, 4) is 0 Å². The fourth-order valence-corrected chi connectivity index (χ4v) is 2.39. The quantitative estimate of drug-likeness (QED) is 0.839. The van der Waals surface area contributed by atoms with Crippen LogP contribution in [0.15, 0.2) is 46.9 Å². The van der Waals surface area contributed by atoms with Gasteiger partial charge in [0, 0.05) is 21.4 Å². The second kappa shape index (κ2) is 5.46. The predicted molar refractivity (Wildman–Crippen MR) is 79.7 cm³/mol. The Labute approximate surface area is 118 Å². The van der Waals surface area contributed by atoms with E-state index in [1.165, 1.54) is 12.1 Å². The van der Waals surface area contributed by atoms with Crippen molar-refractivity contribution in [3.63, 3.8) is 0 Å². The van der Waals surface area contributed by atoms with Gasteiger partial charge in [-0.05, 0) is 58.4 Å². The van der Waals surface area contributed by atoms with Crippen molar-refractivity contribution < 1.29 is 4.39 Å². The first kappa shape index (κ1) is 13.0. The molecule has 2 aromatic rings. The summed E-state index contributed by atoms with van der Waals surface area (Å²) < 4.78 is 13.6. The lowest BCUT2D eigenvalue weighted by atomic mass is 10.2. The normalized spacial score (nSPS) is 10.1. The molecule has 0 spiro atoms. The van der Waals surface area contributed by atoms with Crippen molar-refractivity contribution in [2.45, 2.75) is 0 Å². The molecule has 0 heterocycles. The van der Waals surface area contributed by atoms with Gasteiger partial charge in [0.25, 0.3) is 0 Å².